The average Bonchev–Trinajstić information content (AvgIpc) is 2.30. The summed E-state index contributed by atoms with van der Waals surface area (Å²) < 4.78 is 197. The number of alkyl halides is 15. The standard InChI is InChI=1S/C7F16N2O3/c8-1(26)2(3(9,10)11,27-24(4(12,13)14)5(15,16)17)28-25(6(18,19)20)7(21,22)23. The van der Waals surface area contributed by atoms with Crippen LogP contribution >= 0.6 is 0 Å². The summed E-state index contributed by atoms with van der Waals surface area (Å²) in [6, 6.07) is -4.78. The fourth-order valence-electron chi connectivity index (χ4n) is 1.06. The molecule has 0 heterocycles. The number of halogens is 16. The van der Waals surface area contributed by atoms with Crippen LogP contribution in [0.2, 0.25) is 0 Å². The van der Waals surface area contributed by atoms with Gasteiger partial charge in [-0.05, 0) is 0 Å². The van der Waals surface area contributed by atoms with E-state index in [0.29, 0.717) is 0 Å². The number of carbonyl (C=O) groups excluding carboxylic acids is 1. The first-order valence-corrected chi connectivity index (χ1v) is 5.40. The van der Waals surface area contributed by atoms with E-state index in [1.54, 1.807) is 0 Å². The lowest BCUT2D eigenvalue weighted by molar-refractivity contribution is -0.593. The van der Waals surface area contributed by atoms with Crippen LogP contribution in [0.1, 0.15) is 0 Å². The summed E-state index contributed by atoms with van der Waals surface area (Å²) in [5, 5.41) is -7.59. The minimum Gasteiger partial charge on any atom is -0.254 e. The third kappa shape index (κ3) is 5.94. The van der Waals surface area contributed by atoms with Crippen LogP contribution in [0.15, 0.2) is 0 Å². The molecule has 0 radical (unpaired) electrons. The van der Waals surface area contributed by atoms with Crippen molar-refractivity contribution in [2.75, 3.05) is 0 Å². The lowest BCUT2D eigenvalue weighted by Gasteiger charge is -2.38. The van der Waals surface area contributed by atoms with Gasteiger partial charge in [0.05, 0.1) is 0 Å². The molecule has 0 bridgehead atoms. The van der Waals surface area contributed by atoms with Crippen molar-refractivity contribution in [3.8, 4) is 0 Å². The maximum atomic E-state index is 12.7. The third-order valence-corrected chi connectivity index (χ3v) is 1.99. The number of nitrogens with zero attached hydrogens (tertiary/aromatic N) is 2. The minimum absolute atomic E-state index is 1.88. The normalized spacial score (nSPS) is 15.5. The summed E-state index contributed by atoms with van der Waals surface area (Å²) in [4.78, 5) is 14.1. The summed E-state index contributed by atoms with van der Waals surface area (Å²) in [6.07, 6.45) is -36.2. The second-order valence-electron chi connectivity index (χ2n) is 4.03. The summed E-state index contributed by atoms with van der Waals surface area (Å²) in [7, 11) is 0. The van der Waals surface area contributed by atoms with E-state index in [9.17, 15) is 75.0 Å². The van der Waals surface area contributed by atoms with Crippen molar-refractivity contribution in [2.24, 2.45) is 0 Å². The molecule has 0 aliphatic rings. The van der Waals surface area contributed by atoms with Crippen LogP contribution in [0.5, 0.6) is 0 Å². The Bertz CT molecular complexity index is 493. The van der Waals surface area contributed by atoms with Crippen molar-refractivity contribution in [1.82, 2.24) is 10.1 Å². The predicted molar refractivity (Wildman–Crippen MR) is 45.0 cm³/mol. The third-order valence-electron chi connectivity index (χ3n) is 1.99. The van der Waals surface area contributed by atoms with Crippen LogP contribution in [0.25, 0.3) is 0 Å². The topological polar surface area (TPSA) is 42.0 Å². The molecule has 0 aliphatic heterocycles. The molecule has 5 nitrogen and oxygen atoms in total. The SMILES string of the molecule is O=C(F)C(ON(C(F)(F)F)C(F)(F)F)(ON(C(F)(F)F)C(F)(F)F)C(F)(F)F. The van der Waals surface area contributed by atoms with Gasteiger partial charge in [0, 0.05) is 10.1 Å². The van der Waals surface area contributed by atoms with Crippen molar-refractivity contribution in [3.63, 3.8) is 0 Å². The van der Waals surface area contributed by atoms with Crippen molar-refractivity contribution in [2.45, 2.75) is 37.2 Å². The van der Waals surface area contributed by atoms with Gasteiger partial charge in [-0.2, -0.15) is 70.2 Å². The van der Waals surface area contributed by atoms with Gasteiger partial charge in [-0.3, -0.25) is 4.79 Å². The monoisotopic (exact) mass is 464 g/mol. The Hall–Kier alpha value is -1.61. The van der Waals surface area contributed by atoms with E-state index in [-0.39, 0.29) is 0 Å². The molecule has 0 aromatic carbocycles. The Morgan fingerprint density at radius 3 is 0.857 bits per heavy atom. The van der Waals surface area contributed by atoms with E-state index in [4.69, 9.17) is 0 Å². The molecule has 168 valence electrons. The van der Waals surface area contributed by atoms with Gasteiger partial charge in [0.1, 0.15) is 0 Å². The summed E-state index contributed by atoms with van der Waals surface area (Å²) >= 11 is 0. The first-order valence-electron chi connectivity index (χ1n) is 5.40. The van der Waals surface area contributed by atoms with Crippen LogP contribution in [-0.4, -0.2) is 53.3 Å². The molecular weight excluding hydrogens is 464 g/mol. The number of hydrogen-bond acceptors (Lipinski definition) is 5. The fraction of sp³-hybridized carbons (Fsp3) is 0.857. The van der Waals surface area contributed by atoms with Crippen LogP contribution in [0.3, 0.4) is 0 Å². The van der Waals surface area contributed by atoms with Gasteiger partial charge in [0.15, 0.2) is 0 Å². The van der Waals surface area contributed by atoms with E-state index in [1.165, 1.54) is 0 Å². The molecule has 0 atom stereocenters. The van der Waals surface area contributed by atoms with Gasteiger partial charge in [-0.25, -0.2) is 9.68 Å². The largest absolute Gasteiger partial charge is 0.490 e. The van der Waals surface area contributed by atoms with Crippen LogP contribution in [0, 0.1) is 0 Å². The van der Waals surface area contributed by atoms with Gasteiger partial charge in [-0.1, -0.05) is 0 Å². The number of rotatable bonds is 5. The Morgan fingerprint density at radius 2 is 0.750 bits per heavy atom. The lowest BCUT2D eigenvalue weighted by atomic mass is 10.3. The highest BCUT2D eigenvalue weighted by atomic mass is 19.4. The predicted octanol–water partition coefficient (Wildman–Crippen LogP) is 4.29. The molecule has 0 unspecified atom stereocenters. The van der Waals surface area contributed by atoms with Gasteiger partial charge < -0.3 is 0 Å². The van der Waals surface area contributed by atoms with Crippen molar-refractivity contribution in [1.29, 1.82) is 0 Å². The first-order chi connectivity index (χ1) is 11.9. The summed E-state index contributed by atoms with van der Waals surface area (Å²) in [5.41, 5.74) is 0. The van der Waals surface area contributed by atoms with E-state index in [1.807, 2.05) is 9.68 Å². The Balaban J connectivity index is 6.68. The molecule has 21 heteroatoms. The fourth-order valence-corrected chi connectivity index (χ4v) is 1.06. The number of hydrogen-bond donors (Lipinski definition) is 0. The second-order valence-corrected chi connectivity index (χ2v) is 4.03. The maximum Gasteiger partial charge on any atom is 0.490 e. The molecule has 0 spiro atoms. The van der Waals surface area contributed by atoms with E-state index in [2.05, 4.69) is 0 Å². The van der Waals surface area contributed by atoms with Gasteiger partial charge in [-0.15, -0.1) is 0 Å². The molecule has 0 saturated heterocycles. The Morgan fingerprint density at radius 1 is 0.536 bits per heavy atom. The maximum absolute atomic E-state index is 12.7. The molecule has 0 aromatic rings. The van der Waals surface area contributed by atoms with Crippen LogP contribution < -0.4 is 0 Å². The Kier molecular flexibility index (Phi) is 6.91. The molecule has 0 aromatic heterocycles. The zero-order chi connectivity index (χ0) is 23.1. The molecule has 0 N–H and O–H groups in total. The highest BCUT2D eigenvalue weighted by Gasteiger charge is 2.75. The molecule has 0 fully saturated rings. The zero-order valence-corrected chi connectivity index (χ0v) is 11.7. The summed E-state index contributed by atoms with van der Waals surface area (Å²) in [5.74, 6) is -7.02. The molecule has 0 aliphatic carbocycles. The van der Waals surface area contributed by atoms with Crippen molar-refractivity contribution < 1.29 is 84.7 Å². The van der Waals surface area contributed by atoms with Gasteiger partial charge >= 0.3 is 43.2 Å². The van der Waals surface area contributed by atoms with Crippen molar-refractivity contribution in [3.05, 3.63) is 0 Å². The first kappa shape index (κ1) is 26.4. The molecular formula is C7F16N2O3. The average molecular weight is 464 g/mol. The quantitative estimate of drug-likeness (QED) is 0.200. The zero-order valence-electron chi connectivity index (χ0n) is 11.7. The van der Waals surface area contributed by atoms with Gasteiger partial charge in [0.25, 0.3) is 0 Å². The Labute approximate surface area is 139 Å². The smallest absolute Gasteiger partial charge is 0.254 e. The van der Waals surface area contributed by atoms with Crippen LogP contribution in [0.4, 0.5) is 70.2 Å². The van der Waals surface area contributed by atoms with E-state index in [0.717, 1.165) is 0 Å². The van der Waals surface area contributed by atoms with Gasteiger partial charge in [0.2, 0.25) is 0 Å². The number of hydroxylamine groups is 4. The molecule has 0 rings (SSSR count). The molecule has 0 amide bonds. The lowest BCUT2D eigenvalue weighted by Crippen LogP contribution is -2.66. The van der Waals surface area contributed by atoms with E-state index < -0.39 is 53.3 Å². The summed E-state index contributed by atoms with van der Waals surface area (Å²) in [6.45, 7) is 0. The second kappa shape index (κ2) is 7.33. The number of carbonyl (C=O) groups is 1. The van der Waals surface area contributed by atoms with Crippen LogP contribution in [-0.2, 0) is 14.5 Å². The highest BCUT2D eigenvalue weighted by Crippen LogP contribution is 2.46. The molecule has 28 heavy (non-hydrogen) atoms. The van der Waals surface area contributed by atoms with Crippen molar-refractivity contribution >= 4 is 6.04 Å². The highest BCUT2D eigenvalue weighted by molar-refractivity contribution is 5.77. The minimum atomic E-state index is -7.48. The van der Waals surface area contributed by atoms with E-state index >= 15 is 0 Å². The molecule has 0 saturated carbocycles.